The Balaban J connectivity index is 2.38. The summed E-state index contributed by atoms with van der Waals surface area (Å²) in [5.74, 6) is -0.890. The molecule has 21 heavy (non-hydrogen) atoms. The molecule has 0 aliphatic carbocycles. The number of aliphatic hydroxyl groups excluding tert-OH is 1. The third-order valence-corrected chi connectivity index (χ3v) is 4.49. The monoisotopic (exact) mass is 309 g/mol. The maximum atomic E-state index is 13.9. The van der Waals surface area contributed by atoms with Crippen molar-refractivity contribution in [1.82, 2.24) is 0 Å². The number of sulfonamides is 1. The van der Waals surface area contributed by atoms with Crippen LogP contribution in [0.3, 0.4) is 0 Å². The molecule has 0 atom stereocenters. The molecule has 0 unspecified atom stereocenters. The minimum Gasteiger partial charge on any atom is -0.392 e. The Hall–Kier alpha value is -1.92. The van der Waals surface area contributed by atoms with Crippen molar-refractivity contribution >= 4 is 15.7 Å². The number of nitrogens with one attached hydrogen (secondary N) is 1. The molecule has 112 valence electrons. The first-order valence-corrected chi connectivity index (χ1v) is 7.81. The molecular weight excluding hydrogens is 293 g/mol. The Morgan fingerprint density at radius 2 is 1.86 bits per heavy atom. The first-order valence-electron chi connectivity index (χ1n) is 6.33. The van der Waals surface area contributed by atoms with Crippen molar-refractivity contribution in [2.75, 3.05) is 4.72 Å². The Labute approximate surface area is 123 Å². The van der Waals surface area contributed by atoms with Gasteiger partial charge in [0.05, 0.1) is 12.3 Å². The van der Waals surface area contributed by atoms with Crippen LogP contribution in [0.2, 0.25) is 0 Å². The van der Waals surface area contributed by atoms with E-state index in [1.807, 2.05) is 13.0 Å². The summed E-state index contributed by atoms with van der Waals surface area (Å²) >= 11 is 0. The minimum atomic E-state index is -4.01. The minimum absolute atomic E-state index is 0.318. The highest BCUT2D eigenvalue weighted by molar-refractivity contribution is 7.92. The van der Waals surface area contributed by atoms with Crippen LogP contribution >= 0.6 is 0 Å². The van der Waals surface area contributed by atoms with Crippen LogP contribution in [-0.2, 0) is 16.6 Å². The Bertz CT molecular complexity index is 772. The SMILES string of the molecule is Cc1ccc(NS(=O)(=O)c2ccc(CO)cc2F)c(C)c1. The molecule has 0 aliphatic heterocycles. The van der Waals surface area contributed by atoms with E-state index in [-0.39, 0.29) is 6.61 Å². The van der Waals surface area contributed by atoms with Crippen LogP contribution in [0.1, 0.15) is 16.7 Å². The normalized spacial score (nSPS) is 11.4. The molecule has 0 heterocycles. The molecule has 0 fully saturated rings. The van der Waals surface area contributed by atoms with Gasteiger partial charge in [-0.1, -0.05) is 23.8 Å². The van der Waals surface area contributed by atoms with Gasteiger partial charge in [-0.3, -0.25) is 4.72 Å². The fourth-order valence-electron chi connectivity index (χ4n) is 1.99. The zero-order valence-corrected chi connectivity index (χ0v) is 12.5. The van der Waals surface area contributed by atoms with E-state index in [0.29, 0.717) is 11.3 Å². The largest absolute Gasteiger partial charge is 0.392 e. The summed E-state index contributed by atoms with van der Waals surface area (Å²) in [5.41, 5.74) is 2.49. The lowest BCUT2D eigenvalue weighted by molar-refractivity contribution is 0.281. The Kier molecular flexibility index (Phi) is 4.29. The van der Waals surface area contributed by atoms with E-state index in [1.54, 1.807) is 19.1 Å². The summed E-state index contributed by atoms with van der Waals surface area (Å²) in [7, 11) is -4.01. The quantitative estimate of drug-likeness (QED) is 0.912. The van der Waals surface area contributed by atoms with Crippen molar-refractivity contribution in [3.8, 4) is 0 Å². The van der Waals surface area contributed by atoms with Gasteiger partial charge in [0.2, 0.25) is 0 Å². The number of aliphatic hydroxyl groups is 1. The molecule has 0 aromatic heterocycles. The van der Waals surface area contributed by atoms with Crippen LogP contribution in [0.15, 0.2) is 41.3 Å². The van der Waals surface area contributed by atoms with E-state index in [4.69, 9.17) is 5.11 Å². The third-order valence-electron chi connectivity index (χ3n) is 3.09. The molecule has 2 rings (SSSR count). The van der Waals surface area contributed by atoms with Gasteiger partial charge in [0.25, 0.3) is 10.0 Å². The summed E-state index contributed by atoms with van der Waals surface area (Å²) in [5, 5.41) is 8.92. The Morgan fingerprint density at radius 1 is 1.14 bits per heavy atom. The zero-order valence-electron chi connectivity index (χ0n) is 11.7. The van der Waals surface area contributed by atoms with Crippen molar-refractivity contribution in [2.24, 2.45) is 0 Å². The average Bonchev–Trinajstić information content (AvgIpc) is 2.41. The summed E-state index contributed by atoms with van der Waals surface area (Å²) < 4.78 is 40.7. The number of halogens is 1. The number of hydrogen-bond acceptors (Lipinski definition) is 3. The lowest BCUT2D eigenvalue weighted by Crippen LogP contribution is -2.15. The van der Waals surface area contributed by atoms with Gasteiger partial charge < -0.3 is 5.11 Å². The highest BCUT2D eigenvalue weighted by atomic mass is 32.2. The number of anilines is 1. The van der Waals surface area contributed by atoms with Crippen molar-refractivity contribution < 1.29 is 17.9 Å². The molecule has 6 heteroatoms. The third kappa shape index (κ3) is 3.40. The van der Waals surface area contributed by atoms with E-state index < -0.39 is 20.7 Å². The van der Waals surface area contributed by atoms with E-state index in [9.17, 15) is 12.8 Å². The van der Waals surface area contributed by atoms with Crippen LogP contribution in [0.5, 0.6) is 0 Å². The molecule has 0 amide bonds. The summed E-state index contributed by atoms with van der Waals surface area (Å²) in [4.78, 5) is -0.445. The van der Waals surface area contributed by atoms with Gasteiger partial charge in [0, 0.05) is 0 Å². The smallest absolute Gasteiger partial charge is 0.264 e. The molecule has 2 aromatic carbocycles. The molecule has 4 nitrogen and oxygen atoms in total. The van der Waals surface area contributed by atoms with Crippen LogP contribution in [0.25, 0.3) is 0 Å². The lowest BCUT2D eigenvalue weighted by atomic mass is 10.1. The molecule has 0 bridgehead atoms. The maximum Gasteiger partial charge on any atom is 0.264 e. The van der Waals surface area contributed by atoms with Crippen molar-refractivity contribution in [3.05, 3.63) is 58.9 Å². The zero-order chi connectivity index (χ0) is 15.6. The molecule has 0 aliphatic rings. The maximum absolute atomic E-state index is 13.9. The average molecular weight is 309 g/mol. The molecule has 0 spiro atoms. The van der Waals surface area contributed by atoms with Gasteiger partial charge in [0.15, 0.2) is 0 Å². The van der Waals surface area contributed by atoms with Crippen LogP contribution < -0.4 is 4.72 Å². The molecule has 2 aromatic rings. The van der Waals surface area contributed by atoms with E-state index in [0.717, 1.165) is 23.3 Å². The second-order valence-electron chi connectivity index (χ2n) is 4.85. The fourth-order valence-corrected chi connectivity index (χ4v) is 3.18. The van der Waals surface area contributed by atoms with E-state index in [2.05, 4.69) is 4.72 Å². The number of benzene rings is 2. The first kappa shape index (κ1) is 15.5. The number of hydrogen-bond donors (Lipinski definition) is 2. The van der Waals surface area contributed by atoms with Gasteiger partial charge in [0.1, 0.15) is 10.7 Å². The van der Waals surface area contributed by atoms with Crippen molar-refractivity contribution in [3.63, 3.8) is 0 Å². The highest BCUT2D eigenvalue weighted by Gasteiger charge is 2.20. The van der Waals surface area contributed by atoms with Crippen LogP contribution in [0.4, 0.5) is 10.1 Å². The number of rotatable bonds is 4. The topological polar surface area (TPSA) is 66.4 Å². The van der Waals surface area contributed by atoms with E-state index >= 15 is 0 Å². The van der Waals surface area contributed by atoms with Crippen LogP contribution in [0, 0.1) is 19.7 Å². The second-order valence-corrected chi connectivity index (χ2v) is 6.50. The summed E-state index contributed by atoms with van der Waals surface area (Å²) in [6.07, 6.45) is 0. The summed E-state index contributed by atoms with van der Waals surface area (Å²) in [6.45, 7) is 3.33. The lowest BCUT2D eigenvalue weighted by Gasteiger charge is -2.12. The molecule has 0 radical (unpaired) electrons. The fraction of sp³-hybridized carbons (Fsp3) is 0.200. The Morgan fingerprint density at radius 3 is 2.43 bits per heavy atom. The van der Waals surface area contributed by atoms with Gasteiger partial charge >= 0.3 is 0 Å². The summed E-state index contributed by atoms with van der Waals surface area (Å²) in [6, 6.07) is 8.78. The first-order chi connectivity index (χ1) is 9.83. The second kappa shape index (κ2) is 5.83. The molecule has 0 saturated carbocycles. The number of aryl methyl sites for hydroxylation is 2. The molecule has 2 N–H and O–H groups in total. The van der Waals surface area contributed by atoms with Crippen molar-refractivity contribution in [2.45, 2.75) is 25.3 Å². The standard InChI is InChI=1S/C15H16FNO3S/c1-10-3-5-14(11(2)7-10)17-21(19,20)15-6-4-12(9-18)8-13(15)16/h3-8,17-18H,9H2,1-2H3. The van der Waals surface area contributed by atoms with E-state index in [1.165, 1.54) is 6.07 Å². The van der Waals surface area contributed by atoms with Gasteiger partial charge in [-0.15, -0.1) is 0 Å². The van der Waals surface area contributed by atoms with Crippen LogP contribution in [-0.4, -0.2) is 13.5 Å². The predicted octanol–water partition coefficient (Wildman–Crippen LogP) is 2.74. The highest BCUT2D eigenvalue weighted by Crippen LogP contribution is 2.23. The molecule has 0 saturated heterocycles. The van der Waals surface area contributed by atoms with Crippen molar-refractivity contribution in [1.29, 1.82) is 0 Å². The predicted molar refractivity (Wildman–Crippen MR) is 79.0 cm³/mol. The van der Waals surface area contributed by atoms with Gasteiger partial charge in [-0.05, 0) is 43.2 Å². The van der Waals surface area contributed by atoms with Gasteiger partial charge in [-0.2, -0.15) is 0 Å². The molecular formula is C15H16FNO3S. The van der Waals surface area contributed by atoms with Gasteiger partial charge in [-0.25, -0.2) is 12.8 Å².